The van der Waals surface area contributed by atoms with E-state index >= 15 is 0 Å². The van der Waals surface area contributed by atoms with Crippen molar-refractivity contribution >= 4 is 29.6 Å². The summed E-state index contributed by atoms with van der Waals surface area (Å²) in [6, 6.07) is 17.0. The molecular formula is C22H20ClNO3. The lowest BCUT2D eigenvalue weighted by atomic mass is 10.0. The molecule has 0 saturated carbocycles. The fourth-order valence-corrected chi connectivity index (χ4v) is 3.23. The Balaban J connectivity index is 1.92. The highest BCUT2D eigenvalue weighted by Crippen LogP contribution is 2.31. The second-order valence-electron chi connectivity index (χ2n) is 6.25. The Morgan fingerprint density at radius 2 is 1.78 bits per heavy atom. The maximum atomic E-state index is 13.0. The monoisotopic (exact) mass is 381 g/mol. The van der Waals surface area contributed by atoms with E-state index in [0.29, 0.717) is 34.8 Å². The molecule has 4 nitrogen and oxygen atoms in total. The van der Waals surface area contributed by atoms with Crippen molar-refractivity contribution in [3.63, 3.8) is 0 Å². The molecule has 1 amide bonds. The summed E-state index contributed by atoms with van der Waals surface area (Å²) in [5.41, 5.74) is 3.19. The summed E-state index contributed by atoms with van der Waals surface area (Å²) < 4.78 is 4.91. The molecule has 3 rings (SSSR count). The first-order valence-corrected chi connectivity index (χ1v) is 9.01. The number of hydrogen-bond acceptors (Lipinski definition) is 3. The maximum Gasteiger partial charge on any atom is 0.340 e. The van der Waals surface area contributed by atoms with Gasteiger partial charge in [-0.05, 0) is 42.7 Å². The Labute approximate surface area is 163 Å². The third-order valence-electron chi connectivity index (χ3n) is 4.55. The fraction of sp³-hybridized carbons (Fsp3) is 0.182. The number of methoxy groups -OCH3 is 1. The number of allylic oxidation sites excluding steroid dienone is 1. The van der Waals surface area contributed by atoms with E-state index in [4.69, 9.17) is 16.3 Å². The second-order valence-corrected chi connectivity index (χ2v) is 6.69. The highest BCUT2D eigenvalue weighted by atomic mass is 35.5. The first-order chi connectivity index (χ1) is 13.0. The average Bonchev–Trinajstić information content (AvgIpc) is 2.92. The van der Waals surface area contributed by atoms with Crippen LogP contribution in [-0.2, 0) is 20.7 Å². The normalized spacial score (nSPS) is 15.6. The van der Waals surface area contributed by atoms with Gasteiger partial charge < -0.3 is 9.64 Å². The van der Waals surface area contributed by atoms with Gasteiger partial charge in [-0.15, -0.1) is 0 Å². The van der Waals surface area contributed by atoms with Crippen LogP contribution in [0.2, 0.25) is 5.02 Å². The van der Waals surface area contributed by atoms with Crippen molar-refractivity contribution in [2.75, 3.05) is 13.7 Å². The summed E-state index contributed by atoms with van der Waals surface area (Å²) in [7, 11) is 1.32. The Kier molecular flexibility index (Phi) is 5.77. The quantitative estimate of drug-likeness (QED) is 0.574. The van der Waals surface area contributed by atoms with Crippen molar-refractivity contribution < 1.29 is 14.3 Å². The first-order valence-electron chi connectivity index (χ1n) is 8.64. The van der Waals surface area contributed by atoms with Gasteiger partial charge in [0.1, 0.15) is 0 Å². The third-order valence-corrected chi connectivity index (χ3v) is 4.80. The minimum atomic E-state index is -0.511. The molecule has 2 aromatic rings. The standard InChI is InChI=1S/C22H20ClNO3/c1-15-20(22(26)27-2)19(14-17-8-10-18(23)11-9-17)21(25)24(15)13-12-16-6-4-3-5-7-16/h3-11,14H,12-13H2,1-2H3/b19-14-. The van der Waals surface area contributed by atoms with Crippen molar-refractivity contribution in [1.82, 2.24) is 4.90 Å². The van der Waals surface area contributed by atoms with Crippen molar-refractivity contribution in [3.05, 3.63) is 87.6 Å². The van der Waals surface area contributed by atoms with E-state index in [2.05, 4.69) is 0 Å². The minimum absolute atomic E-state index is 0.196. The summed E-state index contributed by atoms with van der Waals surface area (Å²) >= 11 is 5.93. The number of amides is 1. The van der Waals surface area contributed by atoms with Crippen LogP contribution in [-0.4, -0.2) is 30.4 Å². The predicted molar refractivity (Wildman–Crippen MR) is 106 cm³/mol. The van der Waals surface area contributed by atoms with Gasteiger partial charge in [-0.25, -0.2) is 4.79 Å². The van der Waals surface area contributed by atoms with E-state index in [-0.39, 0.29) is 5.91 Å². The smallest absolute Gasteiger partial charge is 0.340 e. The van der Waals surface area contributed by atoms with Crippen LogP contribution in [0.4, 0.5) is 0 Å². The third kappa shape index (κ3) is 4.12. The Morgan fingerprint density at radius 3 is 2.41 bits per heavy atom. The highest BCUT2D eigenvalue weighted by molar-refractivity contribution is 6.30. The van der Waals surface area contributed by atoms with E-state index in [1.54, 1.807) is 42.2 Å². The summed E-state index contributed by atoms with van der Waals surface area (Å²) in [5.74, 6) is -0.706. The maximum absolute atomic E-state index is 13.0. The molecule has 0 aliphatic carbocycles. The van der Waals surface area contributed by atoms with Gasteiger partial charge >= 0.3 is 5.97 Å². The van der Waals surface area contributed by atoms with Gasteiger partial charge in [0.15, 0.2) is 0 Å². The minimum Gasteiger partial charge on any atom is -0.465 e. The molecule has 27 heavy (non-hydrogen) atoms. The molecule has 1 heterocycles. The lowest BCUT2D eigenvalue weighted by Gasteiger charge is -2.17. The van der Waals surface area contributed by atoms with Crippen LogP contribution in [0.3, 0.4) is 0 Å². The van der Waals surface area contributed by atoms with Crippen LogP contribution in [0.5, 0.6) is 0 Å². The predicted octanol–water partition coefficient (Wildman–Crippen LogP) is 4.26. The molecule has 0 unspecified atom stereocenters. The van der Waals surface area contributed by atoms with Gasteiger partial charge in [0.05, 0.1) is 18.3 Å². The van der Waals surface area contributed by atoms with E-state index in [0.717, 1.165) is 11.1 Å². The molecule has 0 radical (unpaired) electrons. The van der Waals surface area contributed by atoms with Crippen molar-refractivity contribution in [1.29, 1.82) is 0 Å². The van der Waals surface area contributed by atoms with Gasteiger partial charge in [-0.3, -0.25) is 4.79 Å². The van der Waals surface area contributed by atoms with Crippen molar-refractivity contribution in [3.8, 4) is 0 Å². The molecule has 0 spiro atoms. The van der Waals surface area contributed by atoms with Crippen LogP contribution in [0.25, 0.3) is 6.08 Å². The number of carbonyl (C=O) groups is 2. The van der Waals surface area contributed by atoms with Gasteiger partial charge in [-0.2, -0.15) is 0 Å². The van der Waals surface area contributed by atoms with Crippen LogP contribution < -0.4 is 0 Å². The Bertz CT molecular complexity index is 914. The summed E-state index contributed by atoms with van der Waals surface area (Å²) in [6.45, 7) is 2.27. The number of benzene rings is 2. The topological polar surface area (TPSA) is 46.6 Å². The van der Waals surface area contributed by atoms with Crippen LogP contribution in [0.15, 0.2) is 71.4 Å². The molecule has 0 N–H and O–H groups in total. The zero-order valence-electron chi connectivity index (χ0n) is 15.2. The molecule has 0 atom stereocenters. The van der Waals surface area contributed by atoms with E-state index in [9.17, 15) is 9.59 Å². The molecule has 0 fully saturated rings. The number of ether oxygens (including phenoxy) is 1. The van der Waals surface area contributed by atoms with Crippen LogP contribution >= 0.6 is 11.6 Å². The zero-order chi connectivity index (χ0) is 19.4. The lowest BCUT2D eigenvalue weighted by molar-refractivity contribution is -0.136. The van der Waals surface area contributed by atoms with Gasteiger partial charge in [-0.1, -0.05) is 54.1 Å². The number of halogens is 1. The number of carbonyl (C=O) groups excluding carboxylic acids is 2. The molecule has 0 aromatic heterocycles. The lowest BCUT2D eigenvalue weighted by Crippen LogP contribution is -2.27. The van der Waals surface area contributed by atoms with Gasteiger partial charge in [0, 0.05) is 17.3 Å². The number of hydrogen-bond donors (Lipinski definition) is 0. The van der Waals surface area contributed by atoms with Crippen LogP contribution in [0, 0.1) is 0 Å². The molecule has 138 valence electrons. The van der Waals surface area contributed by atoms with Gasteiger partial charge in [0.25, 0.3) is 5.91 Å². The molecular weight excluding hydrogens is 362 g/mol. The SMILES string of the molecule is COC(=O)C1=C(C)N(CCc2ccccc2)C(=O)/C1=C\c1ccc(Cl)cc1. The van der Waals surface area contributed by atoms with E-state index < -0.39 is 5.97 Å². The Morgan fingerprint density at radius 1 is 1.11 bits per heavy atom. The molecule has 1 aliphatic rings. The summed E-state index contributed by atoms with van der Waals surface area (Å²) in [5, 5.41) is 0.610. The van der Waals surface area contributed by atoms with Crippen LogP contribution in [0.1, 0.15) is 18.1 Å². The van der Waals surface area contributed by atoms with E-state index in [1.165, 1.54) is 7.11 Å². The molecule has 2 aromatic carbocycles. The van der Waals surface area contributed by atoms with Crippen molar-refractivity contribution in [2.45, 2.75) is 13.3 Å². The summed E-state index contributed by atoms with van der Waals surface area (Å²) in [6.07, 6.45) is 2.41. The average molecular weight is 382 g/mol. The molecule has 1 aliphatic heterocycles. The zero-order valence-corrected chi connectivity index (χ0v) is 16.0. The number of nitrogens with zero attached hydrogens (tertiary/aromatic N) is 1. The van der Waals surface area contributed by atoms with E-state index in [1.807, 2.05) is 30.3 Å². The summed E-state index contributed by atoms with van der Waals surface area (Å²) in [4.78, 5) is 27.0. The highest BCUT2D eigenvalue weighted by Gasteiger charge is 2.36. The molecule has 5 heteroatoms. The fourth-order valence-electron chi connectivity index (χ4n) is 3.11. The molecule has 0 saturated heterocycles. The largest absolute Gasteiger partial charge is 0.465 e. The number of rotatable bonds is 5. The molecule has 0 bridgehead atoms. The van der Waals surface area contributed by atoms with Gasteiger partial charge in [0.2, 0.25) is 0 Å². The number of esters is 1. The second kappa shape index (κ2) is 8.23. The first kappa shape index (κ1) is 18.9. The Hall–Kier alpha value is -2.85. The van der Waals surface area contributed by atoms with Crippen molar-refractivity contribution in [2.24, 2.45) is 0 Å².